The molecule has 4 N–H and O–H groups in total. The topological polar surface area (TPSA) is 143 Å². The molecule has 10 nitrogen and oxygen atoms in total. The zero-order valence-electron chi connectivity index (χ0n) is 22.6. The quantitative estimate of drug-likeness (QED) is 0.347. The fourth-order valence-electron chi connectivity index (χ4n) is 4.37. The van der Waals surface area contributed by atoms with Gasteiger partial charge in [0, 0.05) is 12.8 Å². The summed E-state index contributed by atoms with van der Waals surface area (Å²) in [5.41, 5.74) is 0.0971. The number of carbonyl (C=O) groups excluding carboxylic acids is 4. The highest BCUT2D eigenvalue weighted by atomic mass is 16.6. The first kappa shape index (κ1) is 30.1. The number of alkyl carbamates (subject to hydrolysis) is 1. The van der Waals surface area contributed by atoms with Crippen molar-refractivity contribution in [3.63, 3.8) is 0 Å². The number of methoxy groups -OCH3 is 1. The molecule has 1 saturated carbocycles. The Labute approximate surface area is 218 Å². The largest absolute Gasteiger partial charge is 0.467 e. The van der Waals surface area contributed by atoms with Gasteiger partial charge in [0.25, 0.3) is 0 Å². The molecular formula is C27H41N3O7. The van der Waals surface area contributed by atoms with Crippen molar-refractivity contribution in [2.45, 2.75) is 90.1 Å². The van der Waals surface area contributed by atoms with Gasteiger partial charge >= 0.3 is 12.1 Å². The molecule has 10 heteroatoms. The average Bonchev–Trinajstić information content (AvgIpc) is 3.14. The molecule has 3 amide bonds. The third-order valence-corrected chi connectivity index (χ3v) is 6.24. The molecule has 1 aromatic carbocycles. The van der Waals surface area contributed by atoms with Gasteiger partial charge in [-0.25, -0.2) is 9.59 Å². The maximum absolute atomic E-state index is 13.3. The van der Waals surface area contributed by atoms with Crippen molar-refractivity contribution >= 4 is 23.9 Å². The van der Waals surface area contributed by atoms with E-state index in [-0.39, 0.29) is 30.6 Å². The predicted molar refractivity (Wildman–Crippen MR) is 137 cm³/mol. The van der Waals surface area contributed by atoms with Gasteiger partial charge in [-0.05, 0) is 51.0 Å². The fraction of sp³-hybridized carbons (Fsp3) is 0.630. The SMILES string of the molecule is COC(=O)[C@@H](NC(=O)C[C@@H]1CC[C@@H](O)[C@@H]1NC(=O)[C@H](Cc1ccccc1)NC(=O)OC(C)(C)C)C(C)C. The van der Waals surface area contributed by atoms with Crippen LogP contribution in [0.25, 0.3) is 0 Å². The molecule has 5 atom stereocenters. The smallest absolute Gasteiger partial charge is 0.408 e. The van der Waals surface area contributed by atoms with Crippen molar-refractivity contribution in [2.24, 2.45) is 11.8 Å². The first-order chi connectivity index (χ1) is 17.3. The summed E-state index contributed by atoms with van der Waals surface area (Å²) in [5, 5.41) is 18.8. The third kappa shape index (κ3) is 9.68. The van der Waals surface area contributed by atoms with E-state index in [4.69, 9.17) is 9.47 Å². The summed E-state index contributed by atoms with van der Waals surface area (Å²) in [6, 6.07) is 6.80. The second kappa shape index (κ2) is 13.4. The summed E-state index contributed by atoms with van der Waals surface area (Å²) in [5.74, 6) is -1.89. The number of rotatable bonds is 10. The van der Waals surface area contributed by atoms with Crippen molar-refractivity contribution in [1.82, 2.24) is 16.0 Å². The standard InChI is InChI=1S/C27H41N3O7/c1-16(2)22(25(34)36-6)29-21(32)15-18-12-13-20(31)23(18)30-24(33)19(14-17-10-8-7-9-11-17)28-26(35)37-27(3,4)5/h7-11,16,18-20,22-23,31H,12-15H2,1-6H3,(H,28,35)(H,29,32)(H,30,33)/t18-,19-,20+,22-,23+/m0/s1. The van der Waals surface area contributed by atoms with Crippen LogP contribution >= 0.6 is 0 Å². The van der Waals surface area contributed by atoms with Gasteiger partial charge in [0.15, 0.2) is 0 Å². The Morgan fingerprint density at radius 1 is 1.05 bits per heavy atom. The lowest BCUT2D eigenvalue weighted by Gasteiger charge is -2.28. The number of hydrogen-bond acceptors (Lipinski definition) is 7. The van der Waals surface area contributed by atoms with Crippen LogP contribution in [0.2, 0.25) is 0 Å². The van der Waals surface area contributed by atoms with Gasteiger partial charge in [-0.3, -0.25) is 9.59 Å². The fourth-order valence-corrected chi connectivity index (χ4v) is 4.37. The van der Waals surface area contributed by atoms with Crippen molar-refractivity contribution in [3.05, 3.63) is 35.9 Å². The molecule has 1 fully saturated rings. The van der Waals surface area contributed by atoms with Crippen LogP contribution < -0.4 is 16.0 Å². The number of carbonyl (C=O) groups is 4. The Bertz CT molecular complexity index is 930. The second-order valence-electron chi connectivity index (χ2n) is 10.8. The molecule has 0 radical (unpaired) electrons. The Hall–Kier alpha value is -3.14. The number of aliphatic hydroxyl groups excluding tert-OH is 1. The molecule has 1 aliphatic rings. The van der Waals surface area contributed by atoms with E-state index >= 15 is 0 Å². The van der Waals surface area contributed by atoms with E-state index in [0.29, 0.717) is 12.8 Å². The molecule has 37 heavy (non-hydrogen) atoms. The van der Waals surface area contributed by atoms with E-state index in [9.17, 15) is 24.3 Å². The lowest BCUT2D eigenvalue weighted by molar-refractivity contribution is -0.146. The number of esters is 1. The predicted octanol–water partition coefficient (Wildman–Crippen LogP) is 2.08. The van der Waals surface area contributed by atoms with Crippen LogP contribution in [0.4, 0.5) is 4.79 Å². The van der Waals surface area contributed by atoms with Crippen LogP contribution in [0, 0.1) is 11.8 Å². The van der Waals surface area contributed by atoms with E-state index in [2.05, 4.69) is 16.0 Å². The minimum absolute atomic E-state index is 0.0189. The Morgan fingerprint density at radius 3 is 2.27 bits per heavy atom. The lowest BCUT2D eigenvalue weighted by atomic mass is 9.96. The van der Waals surface area contributed by atoms with Crippen molar-refractivity contribution in [3.8, 4) is 0 Å². The van der Waals surface area contributed by atoms with Crippen molar-refractivity contribution in [1.29, 1.82) is 0 Å². The molecule has 0 heterocycles. The van der Waals surface area contributed by atoms with Gasteiger partial charge in [0.1, 0.15) is 17.7 Å². The first-order valence-electron chi connectivity index (χ1n) is 12.7. The first-order valence-corrected chi connectivity index (χ1v) is 12.7. The van der Waals surface area contributed by atoms with E-state index in [0.717, 1.165) is 5.56 Å². The van der Waals surface area contributed by atoms with Crippen LogP contribution in [0.5, 0.6) is 0 Å². The summed E-state index contributed by atoms with van der Waals surface area (Å²) in [7, 11) is 1.26. The van der Waals surface area contributed by atoms with Crippen molar-refractivity contribution < 1.29 is 33.8 Å². The van der Waals surface area contributed by atoms with Crippen LogP contribution in [0.15, 0.2) is 30.3 Å². The number of nitrogens with one attached hydrogen (secondary N) is 3. The zero-order chi connectivity index (χ0) is 27.8. The lowest BCUT2D eigenvalue weighted by Crippen LogP contribution is -2.54. The van der Waals surface area contributed by atoms with Crippen LogP contribution in [0.1, 0.15) is 59.4 Å². The van der Waals surface area contributed by atoms with Crippen molar-refractivity contribution in [2.75, 3.05) is 7.11 Å². The molecule has 206 valence electrons. The molecule has 2 rings (SSSR count). The van der Waals surface area contributed by atoms with Gasteiger partial charge in [-0.15, -0.1) is 0 Å². The number of hydrogen-bond donors (Lipinski definition) is 4. The number of aliphatic hydroxyl groups is 1. The molecule has 1 aliphatic carbocycles. The van der Waals surface area contributed by atoms with E-state index in [1.165, 1.54) is 7.11 Å². The minimum Gasteiger partial charge on any atom is -0.467 e. The molecule has 0 unspecified atom stereocenters. The molecule has 0 aliphatic heterocycles. The Morgan fingerprint density at radius 2 is 1.70 bits per heavy atom. The molecule has 1 aromatic rings. The molecule has 0 bridgehead atoms. The highest BCUT2D eigenvalue weighted by Crippen LogP contribution is 2.29. The third-order valence-electron chi connectivity index (χ3n) is 6.24. The maximum atomic E-state index is 13.3. The average molecular weight is 520 g/mol. The highest BCUT2D eigenvalue weighted by Gasteiger charge is 2.39. The molecular weight excluding hydrogens is 478 g/mol. The zero-order valence-corrected chi connectivity index (χ0v) is 22.6. The summed E-state index contributed by atoms with van der Waals surface area (Å²) in [6.07, 6.45) is -0.403. The van der Waals surface area contributed by atoms with E-state index in [1.807, 2.05) is 30.3 Å². The Kier molecular flexibility index (Phi) is 10.9. The van der Waals surface area contributed by atoms with Crippen LogP contribution in [0.3, 0.4) is 0 Å². The number of ether oxygens (including phenoxy) is 2. The summed E-state index contributed by atoms with van der Waals surface area (Å²) in [6.45, 7) is 8.79. The Balaban J connectivity index is 2.11. The van der Waals surface area contributed by atoms with Crippen LogP contribution in [-0.4, -0.2) is 65.9 Å². The molecule has 0 saturated heterocycles. The van der Waals surface area contributed by atoms with Gasteiger partial charge in [0.2, 0.25) is 11.8 Å². The minimum atomic E-state index is -0.954. The summed E-state index contributed by atoms with van der Waals surface area (Å²) >= 11 is 0. The summed E-state index contributed by atoms with van der Waals surface area (Å²) < 4.78 is 10.1. The van der Waals surface area contributed by atoms with Gasteiger partial charge < -0.3 is 30.5 Å². The van der Waals surface area contributed by atoms with Crippen LogP contribution in [-0.2, 0) is 30.3 Å². The van der Waals surface area contributed by atoms with E-state index in [1.54, 1.807) is 34.6 Å². The molecule has 0 spiro atoms. The van der Waals surface area contributed by atoms with Gasteiger partial charge in [-0.2, -0.15) is 0 Å². The number of benzene rings is 1. The van der Waals surface area contributed by atoms with E-state index < -0.39 is 47.8 Å². The second-order valence-corrected chi connectivity index (χ2v) is 10.8. The normalized spacial score (nSPS) is 21.0. The van der Waals surface area contributed by atoms with Gasteiger partial charge in [0.05, 0.1) is 19.3 Å². The summed E-state index contributed by atoms with van der Waals surface area (Å²) in [4.78, 5) is 50.5. The molecule has 0 aromatic heterocycles. The number of amides is 3. The highest BCUT2D eigenvalue weighted by molar-refractivity contribution is 5.87. The maximum Gasteiger partial charge on any atom is 0.408 e. The monoisotopic (exact) mass is 519 g/mol. The van der Waals surface area contributed by atoms with Gasteiger partial charge in [-0.1, -0.05) is 44.2 Å².